The van der Waals surface area contributed by atoms with E-state index in [9.17, 15) is 4.79 Å². The molecular formula is C13H15N3O2. The molecule has 2 rings (SSSR count). The fraction of sp³-hybridized carbons (Fsp3) is 0.231. The van der Waals surface area contributed by atoms with Crippen molar-refractivity contribution in [2.45, 2.75) is 13.8 Å². The fourth-order valence-electron chi connectivity index (χ4n) is 1.72. The van der Waals surface area contributed by atoms with Gasteiger partial charge in [-0.15, -0.1) is 0 Å². The monoisotopic (exact) mass is 245 g/mol. The number of rotatable bonds is 3. The number of aromatic amines is 1. The summed E-state index contributed by atoms with van der Waals surface area (Å²) in [6, 6.07) is 7.92. The molecule has 1 aromatic heterocycles. The molecule has 2 aromatic rings. The summed E-state index contributed by atoms with van der Waals surface area (Å²) in [7, 11) is 0. The summed E-state index contributed by atoms with van der Waals surface area (Å²) in [5, 5.41) is 5.08. The molecule has 0 unspecified atom stereocenters. The molecule has 1 aromatic carbocycles. The van der Waals surface area contributed by atoms with Gasteiger partial charge in [0.25, 0.3) is 0 Å². The van der Waals surface area contributed by atoms with Gasteiger partial charge in [-0.2, -0.15) is 5.10 Å². The van der Waals surface area contributed by atoms with Crippen LogP contribution in [0.15, 0.2) is 35.6 Å². The van der Waals surface area contributed by atoms with Gasteiger partial charge in [-0.25, -0.2) is 10.2 Å². The lowest BCUT2D eigenvalue weighted by molar-refractivity contribution is 0.152. The van der Waals surface area contributed by atoms with Gasteiger partial charge < -0.3 is 9.72 Å². The van der Waals surface area contributed by atoms with E-state index in [1.54, 1.807) is 6.92 Å². The second-order valence-electron chi connectivity index (χ2n) is 3.78. The Morgan fingerprint density at radius 2 is 2.22 bits per heavy atom. The largest absolute Gasteiger partial charge is 0.449 e. The Morgan fingerprint density at radius 3 is 3.00 bits per heavy atom. The molecule has 18 heavy (non-hydrogen) atoms. The topological polar surface area (TPSA) is 66.5 Å². The van der Waals surface area contributed by atoms with Gasteiger partial charge in [0.05, 0.1) is 12.3 Å². The molecule has 0 aliphatic carbocycles. The molecule has 0 atom stereocenters. The highest BCUT2D eigenvalue weighted by molar-refractivity contribution is 6.09. The van der Waals surface area contributed by atoms with Crippen molar-refractivity contribution in [3.8, 4) is 0 Å². The molecule has 94 valence electrons. The highest BCUT2D eigenvalue weighted by atomic mass is 16.5. The first kappa shape index (κ1) is 12.2. The number of hydrogen-bond donors (Lipinski definition) is 2. The van der Waals surface area contributed by atoms with Crippen LogP contribution in [0, 0.1) is 0 Å². The highest BCUT2D eigenvalue weighted by Gasteiger charge is 2.06. The van der Waals surface area contributed by atoms with Crippen LogP contribution in [0.25, 0.3) is 10.9 Å². The normalized spacial score (nSPS) is 11.6. The van der Waals surface area contributed by atoms with Gasteiger partial charge in [-0.1, -0.05) is 18.2 Å². The number of carbonyl (C=O) groups excluding carboxylic acids is 1. The number of aromatic nitrogens is 1. The van der Waals surface area contributed by atoms with Crippen LogP contribution in [0.5, 0.6) is 0 Å². The van der Waals surface area contributed by atoms with E-state index in [1.165, 1.54) is 0 Å². The predicted molar refractivity (Wildman–Crippen MR) is 70.7 cm³/mol. The number of para-hydroxylation sites is 1. The van der Waals surface area contributed by atoms with Crippen LogP contribution in [0.4, 0.5) is 4.79 Å². The first-order valence-electron chi connectivity index (χ1n) is 5.76. The average Bonchev–Trinajstić information content (AvgIpc) is 2.80. The molecule has 0 saturated carbocycles. The minimum absolute atomic E-state index is 0.327. The van der Waals surface area contributed by atoms with E-state index in [-0.39, 0.29) is 0 Å². The number of fused-ring (bicyclic) bond motifs is 1. The van der Waals surface area contributed by atoms with Crippen molar-refractivity contribution >= 4 is 22.7 Å². The van der Waals surface area contributed by atoms with Gasteiger partial charge in [-0.05, 0) is 19.9 Å². The Labute approximate surface area is 105 Å². The molecular weight excluding hydrogens is 230 g/mol. The van der Waals surface area contributed by atoms with E-state index in [1.807, 2.05) is 37.4 Å². The summed E-state index contributed by atoms with van der Waals surface area (Å²) in [5.41, 5.74) is 5.07. The second kappa shape index (κ2) is 5.35. The molecule has 0 bridgehead atoms. The van der Waals surface area contributed by atoms with Crippen molar-refractivity contribution in [3.63, 3.8) is 0 Å². The van der Waals surface area contributed by atoms with Gasteiger partial charge in [0, 0.05) is 22.7 Å². The van der Waals surface area contributed by atoms with Gasteiger partial charge in [0.15, 0.2) is 0 Å². The summed E-state index contributed by atoms with van der Waals surface area (Å²) in [6.45, 7) is 3.91. The Balaban J connectivity index is 2.20. The smallest absolute Gasteiger partial charge is 0.427 e. The molecule has 5 nitrogen and oxygen atoms in total. The predicted octanol–water partition coefficient (Wildman–Crippen LogP) is 2.64. The Hall–Kier alpha value is -2.30. The highest BCUT2D eigenvalue weighted by Crippen LogP contribution is 2.18. The molecule has 1 amide bonds. The minimum atomic E-state index is -0.545. The maximum atomic E-state index is 11.1. The van der Waals surface area contributed by atoms with Crippen molar-refractivity contribution in [2.75, 3.05) is 6.61 Å². The van der Waals surface area contributed by atoms with Crippen LogP contribution < -0.4 is 5.43 Å². The SMILES string of the molecule is CCOC(=O)NN=C(C)c1c[nH]c2ccccc12. The van der Waals surface area contributed by atoms with Gasteiger partial charge >= 0.3 is 6.09 Å². The Bertz CT molecular complexity index is 587. The number of hydrazone groups is 1. The average molecular weight is 245 g/mol. The van der Waals surface area contributed by atoms with Crippen LogP contribution in [-0.4, -0.2) is 23.4 Å². The Morgan fingerprint density at radius 1 is 1.44 bits per heavy atom. The number of carbonyl (C=O) groups is 1. The van der Waals surface area contributed by atoms with Crippen LogP contribution in [0.1, 0.15) is 19.4 Å². The fourth-order valence-corrected chi connectivity index (χ4v) is 1.72. The summed E-state index contributed by atoms with van der Waals surface area (Å²) in [5.74, 6) is 0. The third-order valence-corrected chi connectivity index (χ3v) is 2.57. The molecule has 2 N–H and O–H groups in total. The van der Waals surface area contributed by atoms with Crippen molar-refractivity contribution in [3.05, 3.63) is 36.0 Å². The number of nitrogens with one attached hydrogen (secondary N) is 2. The first-order chi connectivity index (χ1) is 8.72. The molecule has 0 fully saturated rings. The number of ether oxygens (including phenoxy) is 1. The van der Waals surface area contributed by atoms with E-state index in [0.717, 1.165) is 22.2 Å². The van der Waals surface area contributed by atoms with E-state index in [2.05, 4.69) is 15.5 Å². The van der Waals surface area contributed by atoms with Crippen LogP contribution in [0.3, 0.4) is 0 Å². The molecule has 0 spiro atoms. The lowest BCUT2D eigenvalue weighted by atomic mass is 10.1. The molecule has 0 aliphatic heterocycles. The summed E-state index contributed by atoms with van der Waals surface area (Å²) < 4.78 is 4.73. The van der Waals surface area contributed by atoms with E-state index in [0.29, 0.717) is 6.61 Å². The van der Waals surface area contributed by atoms with Crippen molar-refractivity contribution < 1.29 is 9.53 Å². The Kier molecular flexibility index (Phi) is 3.62. The van der Waals surface area contributed by atoms with E-state index >= 15 is 0 Å². The maximum Gasteiger partial charge on any atom is 0.427 e. The number of nitrogens with zero attached hydrogens (tertiary/aromatic N) is 1. The molecule has 1 heterocycles. The molecule has 0 radical (unpaired) electrons. The first-order valence-corrected chi connectivity index (χ1v) is 5.76. The zero-order chi connectivity index (χ0) is 13.0. The van der Waals surface area contributed by atoms with Crippen molar-refractivity contribution in [1.82, 2.24) is 10.4 Å². The van der Waals surface area contributed by atoms with Crippen LogP contribution in [-0.2, 0) is 4.74 Å². The van der Waals surface area contributed by atoms with Crippen LogP contribution in [0.2, 0.25) is 0 Å². The number of hydrogen-bond acceptors (Lipinski definition) is 3. The summed E-state index contributed by atoms with van der Waals surface area (Å²) >= 11 is 0. The quantitative estimate of drug-likeness (QED) is 0.644. The molecule has 5 heteroatoms. The zero-order valence-electron chi connectivity index (χ0n) is 10.4. The lowest BCUT2D eigenvalue weighted by Crippen LogP contribution is -2.20. The van der Waals surface area contributed by atoms with E-state index < -0.39 is 6.09 Å². The minimum Gasteiger partial charge on any atom is -0.449 e. The zero-order valence-corrected chi connectivity index (χ0v) is 10.4. The number of H-pyrrole nitrogens is 1. The molecule has 0 saturated heterocycles. The van der Waals surface area contributed by atoms with Crippen LogP contribution >= 0.6 is 0 Å². The van der Waals surface area contributed by atoms with E-state index in [4.69, 9.17) is 4.74 Å². The van der Waals surface area contributed by atoms with Gasteiger partial charge in [0.1, 0.15) is 0 Å². The number of amides is 1. The van der Waals surface area contributed by atoms with Crippen molar-refractivity contribution in [2.24, 2.45) is 5.10 Å². The third-order valence-electron chi connectivity index (χ3n) is 2.57. The molecule has 0 aliphatic rings. The summed E-state index contributed by atoms with van der Waals surface area (Å²) in [6.07, 6.45) is 1.33. The standard InChI is InChI=1S/C13H15N3O2/c1-3-18-13(17)16-15-9(2)11-8-14-12-7-5-4-6-10(11)12/h4-8,14H,3H2,1-2H3,(H,16,17). The maximum absolute atomic E-state index is 11.1. The van der Waals surface area contributed by atoms with Gasteiger partial charge in [0.2, 0.25) is 0 Å². The van der Waals surface area contributed by atoms with Crippen molar-refractivity contribution in [1.29, 1.82) is 0 Å². The third kappa shape index (κ3) is 2.51. The second-order valence-corrected chi connectivity index (χ2v) is 3.78. The number of benzene rings is 1. The summed E-state index contributed by atoms with van der Waals surface area (Å²) in [4.78, 5) is 14.3. The lowest BCUT2D eigenvalue weighted by Gasteiger charge is -2.01. The van der Waals surface area contributed by atoms with Gasteiger partial charge in [-0.3, -0.25) is 0 Å².